The van der Waals surface area contributed by atoms with E-state index in [1.807, 2.05) is 9.80 Å². The minimum Gasteiger partial charge on any atom is -0.468 e. The van der Waals surface area contributed by atoms with E-state index in [-0.39, 0.29) is 17.9 Å². The van der Waals surface area contributed by atoms with E-state index >= 15 is 0 Å². The van der Waals surface area contributed by atoms with Gasteiger partial charge in [0.15, 0.2) is 0 Å². The highest BCUT2D eigenvalue weighted by Crippen LogP contribution is 2.20. The Morgan fingerprint density at radius 3 is 2.60 bits per heavy atom. The summed E-state index contributed by atoms with van der Waals surface area (Å²) in [7, 11) is 1.41. The van der Waals surface area contributed by atoms with E-state index in [1.54, 1.807) is 0 Å². The van der Waals surface area contributed by atoms with Gasteiger partial charge >= 0.3 is 5.97 Å². The largest absolute Gasteiger partial charge is 0.468 e. The van der Waals surface area contributed by atoms with Crippen molar-refractivity contribution in [2.75, 3.05) is 51.3 Å². The molecule has 2 heterocycles. The molecule has 1 aromatic rings. The second-order valence-electron chi connectivity index (χ2n) is 6.86. The zero-order valence-electron chi connectivity index (χ0n) is 15.1. The summed E-state index contributed by atoms with van der Waals surface area (Å²) in [6, 6.07) is 8.21. The van der Waals surface area contributed by atoms with Gasteiger partial charge in [0.05, 0.1) is 13.7 Å². The van der Waals surface area contributed by atoms with Crippen molar-refractivity contribution in [3.8, 4) is 0 Å². The molecule has 1 amide bonds. The van der Waals surface area contributed by atoms with Crippen molar-refractivity contribution in [1.29, 1.82) is 0 Å². The van der Waals surface area contributed by atoms with Gasteiger partial charge < -0.3 is 14.5 Å². The number of ether oxygens (including phenoxy) is 1. The summed E-state index contributed by atoms with van der Waals surface area (Å²) < 4.78 is 4.85. The minimum atomic E-state index is -0.262. The third-order valence-electron chi connectivity index (χ3n) is 5.17. The molecule has 0 aliphatic carbocycles. The van der Waals surface area contributed by atoms with Crippen LogP contribution in [0.4, 0.5) is 5.69 Å². The fourth-order valence-corrected chi connectivity index (χ4v) is 3.73. The normalized spacial score (nSPS) is 21.4. The Morgan fingerprint density at radius 1 is 1.16 bits per heavy atom. The number of hydrogen-bond donors (Lipinski definition) is 0. The first kappa shape index (κ1) is 17.7. The fourth-order valence-electron chi connectivity index (χ4n) is 3.73. The van der Waals surface area contributed by atoms with Crippen LogP contribution in [0.3, 0.4) is 0 Å². The lowest BCUT2D eigenvalue weighted by Crippen LogP contribution is -2.52. The Bertz CT molecular complexity index is 626. The van der Waals surface area contributed by atoms with E-state index < -0.39 is 0 Å². The number of rotatable bonds is 4. The molecule has 2 aliphatic heterocycles. The van der Waals surface area contributed by atoms with Crippen LogP contribution < -0.4 is 4.90 Å². The molecule has 2 fully saturated rings. The summed E-state index contributed by atoms with van der Waals surface area (Å²) in [5.74, 6) is -0.116. The van der Waals surface area contributed by atoms with E-state index in [4.69, 9.17) is 4.74 Å². The van der Waals surface area contributed by atoms with Crippen LogP contribution in [0, 0.1) is 6.92 Å². The number of esters is 1. The third kappa shape index (κ3) is 4.12. The second kappa shape index (κ2) is 7.87. The molecule has 0 aromatic heterocycles. The number of anilines is 1. The van der Waals surface area contributed by atoms with Crippen LogP contribution in [0.15, 0.2) is 24.3 Å². The fraction of sp³-hybridized carbons (Fsp3) is 0.579. The molecule has 136 valence electrons. The summed E-state index contributed by atoms with van der Waals surface area (Å²) in [6.45, 7) is 6.33. The van der Waals surface area contributed by atoms with Gasteiger partial charge in [-0.25, -0.2) is 0 Å². The van der Waals surface area contributed by atoms with Crippen LogP contribution in [0.1, 0.15) is 18.4 Å². The van der Waals surface area contributed by atoms with Crippen LogP contribution in [0.5, 0.6) is 0 Å². The number of amides is 1. The van der Waals surface area contributed by atoms with Gasteiger partial charge in [-0.2, -0.15) is 0 Å². The molecule has 0 spiro atoms. The SMILES string of the molecule is COC(=O)C1CCCN1CC(=O)N1CCN(c2cccc(C)c2)CC1. The molecule has 0 radical (unpaired) electrons. The van der Waals surface area contributed by atoms with Crippen molar-refractivity contribution in [2.24, 2.45) is 0 Å². The van der Waals surface area contributed by atoms with Crippen molar-refractivity contribution in [3.63, 3.8) is 0 Å². The summed E-state index contributed by atoms with van der Waals surface area (Å²) in [6.07, 6.45) is 1.72. The molecule has 0 bridgehead atoms. The molecular weight excluding hydrogens is 318 g/mol. The van der Waals surface area contributed by atoms with E-state index in [0.29, 0.717) is 6.54 Å². The highest BCUT2D eigenvalue weighted by atomic mass is 16.5. The number of hydrogen-bond acceptors (Lipinski definition) is 5. The molecule has 0 N–H and O–H groups in total. The zero-order chi connectivity index (χ0) is 17.8. The first-order valence-corrected chi connectivity index (χ1v) is 9.00. The Morgan fingerprint density at radius 2 is 1.92 bits per heavy atom. The van der Waals surface area contributed by atoms with Gasteiger partial charge in [0.2, 0.25) is 5.91 Å². The number of carbonyl (C=O) groups is 2. The van der Waals surface area contributed by atoms with E-state index in [1.165, 1.54) is 18.4 Å². The van der Waals surface area contributed by atoms with Gasteiger partial charge in [0.25, 0.3) is 0 Å². The van der Waals surface area contributed by atoms with Crippen molar-refractivity contribution in [2.45, 2.75) is 25.8 Å². The Kier molecular flexibility index (Phi) is 5.58. The number of aryl methyl sites for hydroxylation is 1. The molecule has 1 atom stereocenters. The quantitative estimate of drug-likeness (QED) is 0.770. The smallest absolute Gasteiger partial charge is 0.323 e. The Hall–Kier alpha value is -2.08. The molecule has 2 aliphatic rings. The highest BCUT2D eigenvalue weighted by molar-refractivity contribution is 5.81. The van der Waals surface area contributed by atoms with Crippen molar-refractivity contribution in [1.82, 2.24) is 9.80 Å². The van der Waals surface area contributed by atoms with Crippen LogP contribution in [0.25, 0.3) is 0 Å². The molecule has 0 saturated carbocycles. The first-order valence-electron chi connectivity index (χ1n) is 9.00. The second-order valence-corrected chi connectivity index (χ2v) is 6.86. The molecule has 1 aromatic carbocycles. The average Bonchev–Trinajstić information content (AvgIpc) is 3.09. The summed E-state index contributed by atoms with van der Waals surface area (Å²) >= 11 is 0. The predicted octanol–water partition coefficient (Wildman–Crippen LogP) is 1.28. The Labute approximate surface area is 149 Å². The first-order chi connectivity index (χ1) is 12.1. The number of carbonyl (C=O) groups excluding carboxylic acids is 2. The minimum absolute atomic E-state index is 0.111. The van der Waals surface area contributed by atoms with Crippen LogP contribution >= 0.6 is 0 Å². The Balaban J connectivity index is 1.52. The van der Waals surface area contributed by atoms with Gasteiger partial charge in [-0.3, -0.25) is 14.5 Å². The van der Waals surface area contributed by atoms with Gasteiger partial charge in [-0.15, -0.1) is 0 Å². The summed E-state index contributed by atoms with van der Waals surface area (Å²) in [5, 5.41) is 0. The maximum atomic E-state index is 12.6. The zero-order valence-corrected chi connectivity index (χ0v) is 15.1. The van der Waals surface area contributed by atoms with Gasteiger partial charge in [-0.1, -0.05) is 12.1 Å². The number of methoxy groups -OCH3 is 1. The molecule has 1 unspecified atom stereocenters. The number of nitrogens with zero attached hydrogens (tertiary/aromatic N) is 3. The molecule has 6 heteroatoms. The van der Waals surface area contributed by atoms with Crippen LogP contribution in [-0.4, -0.2) is 74.1 Å². The van der Waals surface area contributed by atoms with Crippen molar-refractivity contribution < 1.29 is 14.3 Å². The number of benzene rings is 1. The maximum Gasteiger partial charge on any atom is 0.323 e. The molecule has 3 rings (SSSR count). The summed E-state index contributed by atoms with van der Waals surface area (Å²) in [5.41, 5.74) is 2.47. The molecular formula is C19H27N3O3. The standard InChI is InChI=1S/C19H27N3O3/c1-15-5-3-6-16(13-15)20-9-11-21(12-10-20)18(23)14-22-8-4-7-17(22)19(24)25-2/h3,5-6,13,17H,4,7-12,14H2,1-2H3. The average molecular weight is 345 g/mol. The van der Waals surface area contributed by atoms with Crippen LogP contribution in [-0.2, 0) is 14.3 Å². The van der Waals surface area contributed by atoms with Gasteiger partial charge in [0, 0.05) is 31.9 Å². The maximum absolute atomic E-state index is 12.6. The third-order valence-corrected chi connectivity index (χ3v) is 5.17. The van der Waals surface area contributed by atoms with Crippen LogP contribution in [0.2, 0.25) is 0 Å². The molecule has 6 nitrogen and oxygen atoms in total. The lowest BCUT2D eigenvalue weighted by Gasteiger charge is -2.37. The van der Waals surface area contributed by atoms with Crippen molar-refractivity contribution >= 4 is 17.6 Å². The number of likely N-dealkylation sites (tertiary alicyclic amines) is 1. The van der Waals surface area contributed by atoms with Crippen molar-refractivity contribution in [3.05, 3.63) is 29.8 Å². The van der Waals surface area contributed by atoms with Gasteiger partial charge in [0.1, 0.15) is 6.04 Å². The monoisotopic (exact) mass is 345 g/mol. The number of piperazine rings is 1. The topological polar surface area (TPSA) is 53.1 Å². The molecule has 25 heavy (non-hydrogen) atoms. The lowest BCUT2D eigenvalue weighted by molar-refractivity contribution is -0.146. The summed E-state index contributed by atoms with van der Waals surface area (Å²) in [4.78, 5) is 30.6. The van der Waals surface area contributed by atoms with E-state index in [2.05, 4.69) is 36.1 Å². The molecule has 2 saturated heterocycles. The lowest BCUT2D eigenvalue weighted by atomic mass is 10.2. The van der Waals surface area contributed by atoms with Gasteiger partial charge in [-0.05, 0) is 44.0 Å². The van der Waals surface area contributed by atoms with E-state index in [0.717, 1.165) is 45.6 Å². The predicted molar refractivity (Wildman–Crippen MR) is 96.6 cm³/mol. The highest BCUT2D eigenvalue weighted by Gasteiger charge is 2.34. The van der Waals surface area contributed by atoms with E-state index in [9.17, 15) is 9.59 Å².